The Bertz CT molecular complexity index is 1590. The molecule has 7 rings (SSSR count). The quantitative estimate of drug-likeness (QED) is 0.435. The molecule has 2 aromatic rings. The third kappa shape index (κ3) is 5.04. The molecule has 1 N–H and O–H groups in total. The predicted molar refractivity (Wildman–Crippen MR) is 171 cm³/mol. The summed E-state index contributed by atoms with van der Waals surface area (Å²) in [5.41, 5.74) is 2.19. The number of methoxy groups -OCH3 is 1. The Labute approximate surface area is 265 Å². The highest BCUT2D eigenvalue weighted by Crippen LogP contribution is 2.47. The summed E-state index contributed by atoms with van der Waals surface area (Å²) >= 11 is 6.42. The molecule has 2 aliphatic heterocycles. The van der Waals surface area contributed by atoms with Crippen molar-refractivity contribution in [1.29, 1.82) is 0 Å². The molecule has 0 saturated heterocycles. The molecule has 2 aromatic carbocycles. The van der Waals surface area contributed by atoms with Gasteiger partial charge in [-0.05, 0) is 112 Å². The molecule has 44 heavy (non-hydrogen) atoms. The van der Waals surface area contributed by atoms with E-state index in [9.17, 15) is 13.2 Å². The normalized spacial score (nSPS) is 31.8. The third-order valence-corrected chi connectivity index (χ3v) is 12.8. The number of nitrogens with zero attached hydrogens (tertiary/aromatic N) is 2. The maximum atomic E-state index is 13.8. The van der Waals surface area contributed by atoms with Crippen LogP contribution in [0.2, 0.25) is 5.02 Å². The van der Waals surface area contributed by atoms with Gasteiger partial charge in [-0.15, -0.1) is 0 Å². The van der Waals surface area contributed by atoms with Crippen LogP contribution in [0.25, 0.3) is 0 Å². The largest absolute Gasteiger partial charge is 0.490 e. The summed E-state index contributed by atoms with van der Waals surface area (Å²) < 4.78 is 42.6. The second kappa shape index (κ2) is 11.3. The lowest BCUT2D eigenvalue weighted by molar-refractivity contribution is -0.136. The van der Waals surface area contributed by atoms with Crippen molar-refractivity contribution < 1.29 is 22.7 Å². The van der Waals surface area contributed by atoms with Crippen molar-refractivity contribution in [2.45, 2.75) is 73.3 Å². The van der Waals surface area contributed by atoms with Crippen LogP contribution in [-0.4, -0.2) is 71.3 Å². The van der Waals surface area contributed by atoms with Crippen molar-refractivity contribution in [1.82, 2.24) is 9.62 Å². The molecule has 2 bridgehead atoms. The van der Waals surface area contributed by atoms with Crippen LogP contribution in [-0.2, 0) is 31.4 Å². The summed E-state index contributed by atoms with van der Waals surface area (Å²) in [6.07, 6.45) is 11.5. The Hall–Kier alpha value is -2.59. The van der Waals surface area contributed by atoms with Gasteiger partial charge in [-0.1, -0.05) is 29.8 Å². The van der Waals surface area contributed by atoms with Gasteiger partial charge in [-0.2, -0.15) is 0 Å². The molecule has 4 atom stereocenters. The molecule has 0 unspecified atom stereocenters. The molecule has 8 nitrogen and oxygen atoms in total. The van der Waals surface area contributed by atoms with Crippen LogP contribution >= 0.6 is 11.6 Å². The van der Waals surface area contributed by atoms with E-state index in [1.165, 1.54) is 11.1 Å². The maximum Gasteiger partial charge on any atom is 0.264 e. The molecule has 0 radical (unpaired) electrons. The van der Waals surface area contributed by atoms with Crippen molar-refractivity contribution in [3.63, 3.8) is 0 Å². The molecule has 10 heteroatoms. The topological polar surface area (TPSA) is 88.2 Å². The number of carbonyl (C=O) groups excluding carboxylic acids is 1. The van der Waals surface area contributed by atoms with E-state index in [-0.39, 0.29) is 16.4 Å². The maximum absolute atomic E-state index is 13.8. The fourth-order valence-corrected chi connectivity index (χ4v) is 9.55. The fraction of sp³-hybridized carbons (Fsp3) is 0.559. The van der Waals surface area contributed by atoms with E-state index < -0.39 is 21.5 Å². The number of ether oxygens (including phenoxy) is 2. The number of fused-ring (bicyclic) bond motifs is 4. The highest BCUT2D eigenvalue weighted by Gasteiger charge is 2.49. The highest BCUT2D eigenvalue weighted by atomic mass is 35.5. The van der Waals surface area contributed by atoms with Crippen LogP contribution in [0.5, 0.6) is 5.75 Å². The number of hydrogen-bond acceptors (Lipinski definition) is 7. The summed E-state index contributed by atoms with van der Waals surface area (Å²) in [5, 5.41) is 0.742. The van der Waals surface area contributed by atoms with E-state index in [1.54, 1.807) is 25.3 Å². The van der Waals surface area contributed by atoms with Gasteiger partial charge in [0, 0.05) is 37.2 Å². The number of hydrogen-bond donors (Lipinski definition) is 1. The minimum atomic E-state index is -4.11. The molecule has 2 saturated carbocycles. The Morgan fingerprint density at radius 1 is 1.09 bits per heavy atom. The number of amides is 1. The number of carbonyl (C=O) groups is 1. The number of likely N-dealkylation sites (N-methyl/N-ethyl adjacent to an activating group) is 1. The lowest BCUT2D eigenvalue weighted by Gasteiger charge is -2.47. The first kappa shape index (κ1) is 30.1. The number of sulfonamides is 1. The molecule has 2 spiro atoms. The summed E-state index contributed by atoms with van der Waals surface area (Å²) in [6, 6.07) is 11.2. The minimum absolute atomic E-state index is 0.0258. The minimum Gasteiger partial charge on any atom is -0.490 e. The van der Waals surface area contributed by atoms with Crippen molar-refractivity contribution in [2.24, 2.45) is 11.8 Å². The second-order valence-corrected chi connectivity index (χ2v) is 15.7. The van der Waals surface area contributed by atoms with Crippen LogP contribution in [0.1, 0.15) is 56.1 Å². The van der Waals surface area contributed by atoms with E-state index in [1.807, 2.05) is 18.0 Å². The number of rotatable bonds is 1. The van der Waals surface area contributed by atoms with Crippen molar-refractivity contribution in [2.75, 3.05) is 45.3 Å². The van der Waals surface area contributed by atoms with Gasteiger partial charge in [-0.25, -0.2) is 13.1 Å². The van der Waals surface area contributed by atoms with Gasteiger partial charge in [0.1, 0.15) is 11.3 Å². The first-order chi connectivity index (χ1) is 21.1. The molecule has 1 amide bonds. The average Bonchev–Trinajstić information content (AvgIpc) is 3.10. The van der Waals surface area contributed by atoms with Crippen molar-refractivity contribution >= 4 is 33.2 Å². The van der Waals surface area contributed by atoms with E-state index in [4.69, 9.17) is 21.1 Å². The van der Waals surface area contributed by atoms with Gasteiger partial charge in [0.15, 0.2) is 0 Å². The fourth-order valence-electron chi connectivity index (χ4n) is 8.29. The van der Waals surface area contributed by atoms with Crippen LogP contribution < -0.4 is 14.4 Å². The summed E-state index contributed by atoms with van der Waals surface area (Å²) in [4.78, 5) is 18.0. The lowest BCUT2D eigenvalue weighted by Crippen LogP contribution is -2.62. The van der Waals surface area contributed by atoms with Crippen LogP contribution in [0.4, 0.5) is 5.69 Å². The van der Waals surface area contributed by atoms with Crippen molar-refractivity contribution in [3.05, 3.63) is 64.7 Å². The van der Waals surface area contributed by atoms with E-state index in [2.05, 4.69) is 33.9 Å². The molecule has 5 aliphatic rings. The molecule has 2 heterocycles. The van der Waals surface area contributed by atoms with Crippen LogP contribution in [0.3, 0.4) is 0 Å². The third-order valence-electron chi connectivity index (χ3n) is 11.2. The standard InChI is InChI=1S/C34H42ClN3O5S/c1-37-17-4-7-30(42-2)27-11-8-24(27)20-38-21-33(14-3-6-23-18-25(35)9-12-28(23)33)22-43-31-13-10-26(19-29(31)38)44(40,41)36-32(39)34(37)15-5-16-34/h4,7,9-10,12-13,18-19,24,27,30H,3,5-6,8,11,14-17,20-22H2,1-2H3,(H,36,39)/b7-4+/t24-,27+,30+,33-/m0/s1. The number of nitrogens with one attached hydrogen (secondary N) is 1. The van der Waals surface area contributed by atoms with E-state index >= 15 is 0 Å². The number of halogens is 1. The van der Waals surface area contributed by atoms with Crippen molar-refractivity contribution in [3.8, 4) is 5.75 Å². The Balaban J connectivity index is 1.32. The number of aryl methyl sites for hydroxylation is 1. The van der Waals surface area contributed by atoms with E-state index in [0.29, 0.717) is 50.1 Å². The van der Waals surface area contributed by atoms with Gasteiger partial charge in [0.2, 0.25) is 0 Å². The summed E-state index contributed by atoms with van der Waals surface area (Å²) in [6.45, 7) is 2.51. The first-order valence-electron chi connectivity index (χ1n) is 15.9. The Kier molecular flexibility index (Phi) is 7.75. The number of benzene rings is 2. The predicted octanol–water partition coefficient (Wildman–Crippen LogP) is 5.08. The number of anilines is 1. The molecule has 0 aromatic heterocycles. The van der Waals surface area contributed by atoms with Gasteiger partial charge in [-0.3, -0.25) is 9.69 Å². The molecule has 2 fully saturated rings. The SMILES string of the molecule is CO[C@@H]1/C=C/CN(C)C2(CCC2)C(=O)NS(=O)(=O)c2ccc3c(c2)N(C[C@@H]2CC[C@H]21)C[C@@]1(CCCc2cc(Cl)ccc21)CO3. The van der Waals surface area contributed by atoms with Gasteiger partial charge in [0.25, 0.3) is 15.9 Å². The monoisotopic (exact) mass is 639 g/mol. The van der Waals surface area contributed by atoms with E-state index in [0.717, 1.165) is 55.8 Å². The summed E-state index contributed by atoms with van der Waals surface area (Å²) in [7, 11) is -0.437. The highest BCUT2D eigenvalue weighted by molar-refractivity contribution is 7.90. The molecule has 3 aliphatic carbocycles. The zero-order chi connectivity index (χ0) is 30.7. The van der Waals surface area contributed by atoms with Crippen LogP contribution in [0, 0.1) is 11.8 Å². The smallest absolute Gasteiger partial charge is 0.264 e. The Morgan fingerprint density at radius 2 is 1.93 bits per heavy atom. The molecular weight excluding hydrogens is 598 g/mol. The first-order valence-corrected chi connectivity index (χ1v) is 17.8. The average molecular weight is 640 g/mol. The Morgan fingerprint density at radius 3 is 2.66 bits per heavy atom. The summed E-state index contributed by atoms with van der Waals surface area (Å²) in [5.74, 6) is 0.935. The lowest BCUT2D eigenvalue weighted by atomic mass is 9.68. The zero-order valence-electron chi connectivity index (χ0n) is 25.6. The van der Waals surface area contributed by atoms with Crippen LogP contribution in [0.15, 0.2) is 53.4 Å². The second-order valence-electron chi connectivity index (χ2n) is 13.6. The molecule has 236 valence electrons. The van der Waals surface area contributed by atoms with Gasteiger partial charge < -0.3 is 14.4 Å². The zero-order valence-corrected chi connectivity index (χ0v) is 27.1. The molecular formula is C34H42ClN3O5S. The van der Waals surface area contributed by atoms with Gasteiger partial charge >= 0.3 is 0 Å². The van der Waals surface area contributed by atoms with Gasteiger partial charge in [0.05, 0.1) is 23.3 Å².